The van der Waals surface area contributed by atoms with Crippen molar-refractivity contribution in [2.45, 2.75) is 26.0 Å². The number of amides is 2. The summed E-state index contributed by atoms with van der Waals surface area (Å²) in [5, 5.41) is 19.7. The van der Waals surface area contributed by atoms with Crippen LogP contribution in [0.1, 0.15) is 29.2 Å². The summed E-state index contributed by atoms with van der Waals surface area (Å²) in [5.74, 6) is -2.65. The van der Waals surface area contributed by atoms with Crippen LogP contribution in [0.25, 0.3) is 10.4 Å². The van der Waals surface area contributed by atoms with Crippen LogP contribution in [0.15, 0.2) is 18.2 Å². The first kappa shape index (κ1) is 18.6. The molecule has 9 nitrogen and oxygen atoms in total. The van der Waals surface area contributed by atoms with Gasteiger partial charge in [0.1, 0.15) is 16.9 Å². The van der Waals surface area contributed by atoms with Crippen LogP contribution in [0, 0.1) is 11.8 Å². The number of hydrogen-bond acceptors (Lipinski definition) is 6. The van der Waals surface area contributed by atoms with Gasteiger partial charge in [-0.3, -0.25) is 14.0 Å². The zero-order chi connectivity index (χ0) is 20.5. The second-order valence-corrected chi connectivity index (χ2v) is 8.45. The molecule has 4 rings (SSSR count). The maximum Gasteiger partial charge on any atom is 0.352 e. The van der Waals surface area contributed by atoms with Crippen molar-refractivity contribution in [3.8, 4) is 0 Å². The van der Waals surface area contributed by atoms with Crippen molar-refractivity contribution in [3.05, 3.63) is 28.8 Å². The molecule has 4 atom stereocenters. The maximum absolute atomic E-state index is 12.5. The van der Waals surface area contributed by atoms with Gasteiger partial charge in [0.25, 0.3) is 5.91 Å². The number of imidazole rings is 1. The lowest BCUT2D eigenvalue weighted by molar-refractivity contribution is -0.163. The number of nitrogens with zero attached hydrogens (tertiary/aromatic N) is 4. The molecule has 2 aliphatic heterocycles. The van der Waals surface area contributed by atoms with Crippen molar-refractivity contribution >= 4 is 39.5 Å². The molecule has 4 heterocycles. The van der Waals surface area contributed by atoms with Gasteiger partial charge in [0, 0.05) is 31.8 Å². The van der Waals surface area contributed by atoms with Crippen LogP contribution in [-0.4, -0.2) is 73.4 Å². The molecule has 0 aliphatic carbocycles. The number of aliphatic hydroxyl groups is 1. The van der Waals surface area contributed by atoms with Gasteiger partial charge in [-0.1, -0.05) is 6.92 Å². The van der Waals surface area contributed by atoms with E-state index in [-0.39, 0.29) is 29.5 Å². The summed E-state index contributed by atoms with van der Waals surface area (Å²) in [4.78, 5) is 44.9. The van der Waals surface area contributed by atoms with E-state index >= 15 is 0 Å². The van der Waals surface area contributed by atoms with Crippen LogP contribution >= 0.6 is 11.3 Å². The fourth-order valence-corrected chi connectivity index (χ4v) is 5.38. The average Bonchev–Trinajstić information content (AvgIpc) is 3.23. The van der Waals surface area contributed by atoms with Crippen LogP contribution in [0.4, 0.5) is 0 Å². The molecular weight excluding hydrogens is 384 g/mol. The Hall–Kier alpha value is -2.72. The van der Waals surface area contributed by atoms with E-state index in [1.807, 2.05) is 6.92 Å². The van der Waals surface area contributed by atoms with Crippen LogP contribution in [0.2, 0.25) is 0 Å². The minimum absolute atomic E-state index is 0.0441. The summed E-state index contributed by atoms with van der Waals surface area (Å²) in [6.45, 7) is 3.41. The van der Waals surface area contributed by atoms with Gasteiger partial charge in [0.15, 0.2) is 5.69 Å². The van der Waals surface area contributed by atoms with Gasteiger partial charge in [-0.05, 0) is 6.92 Å². The second-order valence-electron chi connectivity index (χ2n) is 7.42. The summed E-state index contributed by atoms with van der Waals surface area (Å²) < 4.78 is 1.69. The van der Waals surface area contributed by atoms with Gasteiger partial charge in [0.2, 0.25) is 5.91 Å². The summed E-state index contributed by atoms with van der Waals surface area (Å²) in [7, 11) is 3.28. The molecule has 0 saturated carbocycles. The van der Waals surface area contributed by atoms with E-state index in [4.69, 9.17) is 0 Å². The zero-order valence-electron chi connectivity index (χ0n) is 15.8. The number of hydrogen-bond donors (Lipinski definition) is 2. The molecule has 0 aromatic carbocycles. The molecule has 0 spiro atoms. The quantitative estimate of drug-likeness (QED) is 0.727. The predicted octanol–water partition coefficient (Wildman–Crippen LogP) is 0.751. The number of aliphatic carboxylic acids is 1. The van der Waals surface area contributed by atoms with Gasteiger partial charge in [-0.15, -0.1) is 11.3 Å². The van der Waals surface area contributed by atoms with Gasteiger partial charge < -0.3 is 20.0 Å². The number of carboxylic acid groups (broad SMARTS) is 1. The third kappa shape index (κ3) is 2.34. The second kappa shape index (κ2) is 6.14. The van der Waals surface area contributed by atoms with Crippen LogP contribution < -0.4 is 0 Å². The summed E-state index contributed by atoms with van der Waals surface area (Å²) in [6, 6.07) is -0.379. The first-order chi connectivity index (χ1) is 13.1. The molecule has 0 bridgehead atoms. The summed E-state index contributed by atoms with van der Waals surface area (Å²) in [6.07, 6.45) is 2.41. The highest BCUT2D eigenvalue weighted by Crippen LogP contribution is 2.51. The Bertz CT molecular complexity index is 1050. The number of rotatable bonds is 4. The van der Waals surface area contributed by atoms with Crippen molar-refractivity contribution in [2.75, 3.05) is 14.1 Å². The van der Waals surface area contributed by atoms with E-state index in [9.17, 15) is 24.6 Å². The van der Waals surface area contributed by atoms with Crippen molar-refractivity contribution in [2.24, 2.45) is 11.8 Å². The highest BCUT2D eigenvalue weighted by Gasteiger charge is 2.60. The predicted molar refractivity (Wildman–Crippen MR) is 101 cm³/mol. The van der Waals surface area contributed by atoms with Crippen molar-refractivity contribution in [1.82, 2.24) is 19.2 Å². The van der Waals surface area contributed by atoms with Crippen molar-refractivity contribution in [3.63, 3.8) is 0 Å². The lowest BCUT2D eigenvalue weighted by Crippen LogP contribution is -2.63. The van der Waals surface area contributed by atoms with Crippen LogP contribution in [0.5, 0.6) is 0 Å². The number of carbonyl (C=O) groups is 3. The number of aliphatic hydroxyl groups excluding tert-OH is 1. The molecule has 2 aromatic rings. The molecule has 10 heteroatoms. The minimum atomic E-state index is -1.18. The van der Waals surface area contributed by atoms with Gasteiger partial charge in [0.05, 0.1) is 22.9 Å². The normalized spacial score (nSPS) is 25.1. The molecule has 2 aliphatic rings. The highest BCUT2D eigenvalue weighted by molar-refractivity contribution is 7.18. The molecule has 0 unspecified atom stereocenters. The van der Waals surface area contributed by atoms with Gasteiger partial charge in [-0.25, -0.2) is 9.78 Å². The standard InChI is InChI=1S/C18H20N4O5S/c1-7-10(14(18(26)27)22-13(7)11(8(2)23)15(22)24)9-5-21-6-19-12(17(21)28-9)16(25)20(3)4/h5-8,11,13,23H,1-4H3,(H,26,27)/t7-,8+,11+,13+/m0/s1. The van der Waals surface area contributed by atoms with Crippen LogP contribution in [0.3, 0.4) is 0 Å². The van der Waals surface area contributed by atoms with E-state index in [1.54, 1.807) is 31.6 Å². The number of aromatic nitrogens is 2. The minimum Gasteiger partial charge on any atom is -0.477 e. The average molecular weight is 404 g/mol. The lowest BCUT2D eigenvalue weighted by Gasteiger charge is -2.46. The zero-order valence-corrected chi connectivity index (χ0v) is 16.6. The van der Waals surface area contributed by atoms with E-state index in [0.29, 0.717) is 21.0 Å². The van der Waals surface area contributed by atoms with Gasteiger partial charge in [-0.2, -0.15) is 0 Å². The molecule has 2 N–H and O–H groups in total. The fourth-order valence-electron chi connectivity index (χ4n) is 4.18. The van der Waals surface area contributed by atoms with E-state index in [0.717, 1.165) is 0 Å². The Labute approximate surface area is 164 Å². The third-order valence-corrected chi connectivity index (χ3v) is 6.60. The summed E-state index contributed by atoms with van der Waals surface area (Å²) >= 11 is 1.27. The Kier molecular flexibility index (Phi) is 4.09. The summed E-state index contributed by atoms with van der Waals surface area (Å²) in [5.41, 5.74) is 0.800. The van der Waals surface area contributed by atoms with Crippen LogP contribution in [-0.2, 0) is 9.59 Å². The third-order valence-electron chi connectivity index (χ3n) is 5.46. The monoisotopic (exact) mass is 404 g/mol. The maximum atomic E-state index is 12.5. The molecule has 1 saturated heterocycles. The van der Waals surface area contributed by atoms with E-state index in [1.165, 1.54) is 27.5 Å². The van der Waals surface area contributed by atoms with Crippen molar-refractivity contribution < 1.29 is 24.6 Å². The Morgan fingerprint density at radius 2 is 2.04 bits per heavy atom. The molecule has 2 amide bonds. The van der Waals surface area contributed by atoms with Gasteiger partial charge >= 0.3 is 5.97 Å². The van der Waals surface area contributed by atoms with Crippen molar-refractivity contribution in [1.29, 1.82) is 0 Å². The Morgan fingerprint density at radius 3 is 2.61 bits per heavy atom. The number of carbonyl (C=O) groups excluding carboxylic acids is 2. The fraction of sp³-hybridized carbons (Fsp3) is 0.444. The smallest absolute Gasteiger partial charge is 0.352 e. The molecule has 2 aromatic heterocycles. The molecule has 1 fully saturated rings. The first-order valence-electron chi connectivity index (χ1n) is 8.82. The van der Waals surface area contributed by atoms with E-state index < -0.39 is 18.0 Å². The topological polar surface area (TPSA) is 115 Å². The SMILES string of the molecule is C[C@@H](O)[C@H]1C(=O)N2C(C(=O)O)=C(c3cn4cnc(C(=O)N(C)C)c4s3)[C@H](C)[C@H]12. The number of carboxylic acids is 1. The van der Waals surface area contributed by atoms with E-state index in [2.05, 4.69) is 4.98 Å². The Balaban J connectivity index is 1.83. The largest absolute Gasteiger partial charge is 0.477 e. The highest BCUT2D eigenvalue weighted by atomic mass is 32.1. The Morgan fingerprint density at radius 1 is 1.36 bits per heavy atom. The number of β-lactam (4-membered cyclic amide) rings is 1. The molecule has 148 valence electrons. The molecule has 28 heavy (non-hydrogen) atoms. The lowest BCUT2D eigenvalue weighted by atomic mass is 9.77. The first-order valence-corrected chi connectivity index (χ1v) is 9.63. The number of fused-ring (bicyclic) bond motifs is 2. The number of thiazole rings is 1. The molecular formula is C18H20N4O5S. The molecule has 0 radical (unpaired) electrons.